The zero-order valence-corrected chi connectivity index (χ0v) is 8.85. The minimum Gasteiger partial charge on any atom is -0.351 e. The first-order chi connectivity index (χ1) is 5.65. The summed E-state index contributed by atoms with van der Waals surface area (Å²) < 4.78 is 0.886. The fourth-order valence-electron chi connectivity index (χ4n) is 0.756. The number of primary amides is 1. The lowest BCUT2D eigenvalue weighted by Gasteiger charge is -2.13. The van der Waals surface area contributed by atoms with Crippen LogP contribution in [-0.4, -0.2) is 17.6 Å². The van der Waals surface area contributed by atoms with Gasteiger partial charge in [-0.15, -0.1) is 0 Å². The summed E-state index contributed by atoms with van der Waals surface area (Å²) in [5.41, 5.74) is 5.13. The monoisotopic (exact) mass is 249 g/mol. The minimum absolute atomic E-state index is 0.473. The molecule has 0 radical (unpaired) electrons. The second-order valence-electron chi connectivity index (χ2n) is 2.03. The van der Waals surface area contributed by atoms with Crippen molar-refractivity contribution >= 4 is 38.4 Å². The molecule has 0 saturated heterocycles. The maximum Gasteiger partial charge on any atom is 0.321 e. The van der Waals surface area contributed by atoms with Crippen LogP contribution < -0.4 is 10.6 Å². The number of hydrogen-bond acceptors (Lipinski definition) is 3. The van der Waals surface area contributed by atoms with E-state index in [4.69, 9.17) is 5.73 Å². The molecule has 66 valence electrons. The molecular weight excluding hydrogens is 242 g/mol. The smallest absolute Gasteiger partial charge is 0.321 e. The third kappa shape index (κ3) is 1.95. The lowest BCUT2D eigenvalue weighted by molar-refractivity contribution is 0.254. The van der Waals surface area contributed by atoms with E-state index in [2.05, 4.69) is 20.9 Å². The molecule has 1 heterocycles. The van der Waals surface area contributed by atoms with Gasteiger partial charge in [-0.05, 0) is 22.9 Å². The van der Waals surface area contributed by atoms with Gasteiger partial charge in [-0.3, -0.25) is 4.90 Å². The van der Waals surface area contributed by atoms with Crippen LogP contribution in [-0.2, 0) is 0 Å². The number of hydrogen-bond donors (Lipinski definition) is 1. The highest BCUT2D eigenvalue weighted by molar-refractivity contribution is 9.11. The molecule has 4 nitrogen and oxygen atoms in total. The van der Waals surface area contributed by atoms with Gasteiger partial charge in [-0.2, -0.15) is 0 Å². The number of nitrogens with zero attached hydrogens (tertiary/aromatic N) is 2. The quantitative estimate of drug-likeness (QED) is 0.870. The molecule has 6 heteroatoms. The number of urea groups is 1. The van der Waals surface area contributed by atoms with Crippen LogP contribution >= 0.6 is 27.3 Å². The van der Waals surface area contributed by atoms with E-state index in [1.165, 1.54) is 16.2 Å². The largest absolute Gasteiger partial charge is 0.351 e. The van der Waals surface area contributed by atoms with E-state index in [1.54, 1.807) is 6.20 Å². The Morgan fingerprint density at radius 2 is 2.58 bits per heavy atom. The third-order valence-electron chi connectivity index (χ3n) is 1.28. The Hall–Kier alpha value is -0.620. The Bertz CT molecular complexity index is 288. The van der Waals surface area contributed by atoms with E-state index in [1.807, 2.05) is 6.92 Å². The molecule has 2 N–H and O–H groups in total. The van der Waals surface area contributed by atoms with Crippen LogP contribution in [0.4, 0.5) is 9.93 Å². The van der Waals surface area contributed by atoms with Crippen molar-refractivity contribution in [3.63, 3.8) is 0 Å². The minimum atomic E-state index is -0.473. The maximum absolute atomic E-state index is 10.8. The molecule has 0 aliphatic carbocycles. The first-order valence-electron chi connectivity index (χ1n) is 3.33. The van der Waals surface area contributed by atoms with Crippen molar-refractivity contribution in [2.24, 2.45) is 5.73 Å². The number of carbonyl (C=O) groups excluding carboxylic acids is 1. The van der Waals surface area contributed by atoms with E-state index >= 15 is 0 Å². The van der Waals surface area contributed by atoms with Crippen molar-refractivity contribution in [3.8, 4) is 0 Å². The Labute approximate surface area is 82.5 Å². The number of thiazole rings is 1. The van der Waals surface area contributed by atoms with Gasteiger partial charge >= 0.3 is 6.03 Å². The van der Waals surface area contributed by atoms with Crippen molar-refractivity contribution < 1.29 is 4.79 Å². The van der Waals surface area contributed by atoms with Crippen LogP contribution in [0.25, 0.3) is 0 Å². The van der Waals surface area contributed by atoms with Crippen molar-refractivity contribution in [2.75, 3.05) is 11.4 Å². The summed E-state index contributed by atoms with van der Waals surface area (Å²) in [5, 5.41) is 0.622. The molecule has 0 aromatic carbocycles. The standard InChI is InChI=1S/C6H8BrN3OS/c1-2-10(5(8)11)6-9-3-4(7)12-6/h3H,2H2,1H3,(H2,8,11). The summed E-state index contributed by atoms with van der Waals surface area (Å²) >= 11 is 4.64. The molecule has 0 aliphatic heterocycles. The summed E-state index contributed by atoms with van der Waals surface area (Å²) in [6.45, 7) is 2.38. The predicted molar refractivity (Wildman–Crippen MR) is 52.4 cm³/mol. The number of nitrogens with two attached hydrogens (primary N) is 1. The van der Waals surface area contributed by atoms with E-state index in [0.717, 1.165) is 3.79 Å². The highest BCUT2D eigenvalue weighted by Gasteiger charge is 2.12. The fourth-order valence-corrected chi connectivity index (χ4v) is 2.01. The lowest BCUT2D eigenvalue weighted by Crippen LogP contribution is -2.35. The molecule has 0 spiro atoms. The molecule has 0 saturated carbocycles. The molecule has 2 amide bonds. The van der Waals surface area contributed by atoms with E-state index in [-0.39, 0.29) is 0 Å². The first kappa shape index (κ1) is 9.47. The molecular formula is C6H8BrN3OS. The summed E-state index contributed by atoms with van der Waals surface area (Å²) in [4.78, 5) is 16.3. The number of carbonyl (C=O) groups is 1. The van der Waals surface area contributed by atoms with Crippen LogP contribution in [0.3, 0.4) is 0 Å². The topological polar surface area (TPSA) is 59.2 Å². The molecule has 12 heavy (non-hydrogen) atoms. The average Bonchev–Trinajstić information content (AvgIpc) is 2.37. The normalized spacial score (nSPS) is 9.83. The molecule has 0 unspecified atom stereocenters. The van der Waals surface area contributed by atoms with Crippen LogP contribution in [0.1, 0.15) is 6.92 Å². The van der Waals surface area contributed by atoms with Gasteiger partial charge in [0, 0.05) is 6.54 Å². The number of amides is 2. The van der Waals surface area contributed by atoms with Gasteiger partial charge in [0.05, 0.1) is 9.98 Å². The molecule has 1 rings (SSSR count). The average molecular weight is 250 g/mol. The zero-order chi connectivity index (χ0) is 9.14. The van der Waals surface area contributed by atoms with Gasteiger partial charge in [0.15, 0.2) is 5.13 Å². The lowest BCUT2D eigenvalue weighted by atomic mass is 10.6. The number of halogens is 1. The van der Waals surface area contributed by atoms with Gasteiger partial charge in [-0.25, -0.2) is 9.78 Å². The van der Waals surface area contributed by atoms with E-state index in [9.17, 15) is 4.79 Å². The first-order valence-corrected chi connectivity index (χ1v) is 4.94. The van der Waals surface area contributed by atoms with E-state index < -0.39 is 6.03 Å². The van der Waals surface area contributed by atoms with E-state index in [0.29, 0.717) is 11.7 Å². The predicted octanol–water partition coefficient (Wildman–Crippen LogP) is 1.81. The van der Waals surface area contributed by atoms with Gasteiger partial charge in [0.2, 0.25) is 0 Å². The van der Waals surface area contributed by atoms with Crippen LogP contribution in [0.15, 0.2) is 9.98 Å². The Morgan fingerprint density at radius 1 is 1.92 bits per heavy atom. The molecule has 0 atom stereocenters. The van der Waals surface area contributed by atoms with Gasteiger partial charge in [0.1, 0.15) is 0 Å². The molecule has 0 fully saturated rings. The molecule has 1 aromatic rings. The van der Waals surface area contributed by atoms with Crippen molar-refractivity contribution in [1.29, 1.82) is 0 Å². The number of anilines is 1. The summed E-state index contributed by atoms with van der Waals surface area (Å²) in [6.07, 6.45) is 1.64. The third-order valence-corrected chi connectivity index (χ3v) is 2.78. The molecule has 0 bridgehead atoms. The summed E-state index contributed by atoms with van der Waals surface area (Å²) in [5.74, 6) is 0. The Kier molecular flexibility index (Phi) is 3.05. The van der Waals surface area contributed by atoms with Gasteiger partial charge < -0.3 is 5.73 Å². The second-order valence-corrected chi connectivity index (χ2v) is 4.42. The number of aromatic nitrogens is 1. The Morgan fingerprint density at radius 3 is 2.92 bits per heavy atom. The van der Waals surface area contributed by atoms with Crippen LogP contribution in [0.2, 0.25) is 0 Å². The highest BCUT2D eigenvalue weighted by atomic mass is 79.9. The fraction of sp³-hybridized carbons (Fsp3) is 0.333. The van der Waals surface area contributed by atoms with Crippen LogP contribution in [0.5, 0.6) is 0 Å². The SMILES string of the molecule is CCN(C(N)=O)c1ncc(Br)s1. The van der Waals surface area contributed by atoms with Crippen LogP contribution in [0, 0.1) is 0 Å². The number of rotatable bonds is 2. The second kappa shape index (κ2) is 3.86. The summed E-state index contributed by atoms with van der Waals surface area (Å²) in [7, 11) is 0. The maximum atomic E-state index is 10.8. The van der Waals surface area contributed by atoms with Gasteiger partial charge in [0.25, 0.3) is 0 Å². The van der Waals surface area contributed by atoms with Crippen molar-refractivity contribution in [3.05, 3.63) is 9.98 Å². The zero-order valence-electron chi connectivity index (χ0n) is 6.45. The summed E-state index contributed by atoms with van der Waals surface area (Å²) in [6, 6.07) is -0.473. The van der Waals surface area contributed by atoms with Gasteiger partial charge in [-0.1, -0.05) is 11.3 Å². The molecule has 1 aromatic heterocycles. The Balaban J connectivity index is 2.87. The molecule has 0 aliphatic rings. The van der Waals surface area contributed by atoms with Crippen molar-refractivity contribution in [2.45, 2.75) is 6.92 Å². The highest BCUT2D eigenvalue weighted by Crippen LogP contribution is 2.26. The van der Waals surface area contributed by atoms with Crippen molar-refractivity contribution in [1.82, 2.24) is 4.98 Å².